The standard InChI is InChI=1S/C22H18Cl2FNO3.C2H8NO2PS/c1-22(2)15(11-19(23)24)20(22)21(27)29-18(12-26)13-8-9-16(25)17(10-13)28-14-6-4-3-5-7-14;1-5-6(3,4)7-2/h3-11,15,18,20H,1-2H3;1-2H3,(H2,3,4). The summed E-state index contributed by atoms with van der Waals surface area (Å²) < 4.78 is 40.0. The first-order valence-electron chi connectivity index (χ1n) is 10.5. The highest BCUT2D eigenvalue weighted by atomic mass is 35.5. The van der Waals surface area contributed by atoms with Crippen molar-refractivity contribution in [3.05, 3.63) is 70.5 Å². The third-order valence-electron chi connectivity index (χ3n) is 5.56. The summed E-state index contributed by atoms with van der Waals surface area (Å²) in [6, 6.07) is 14.5. The lowest BCUT2D eigenvalue weighted by molar-refractivity contribution is -0.149. The molecule has 0 bridgehead atoms. The van der Waals surface area contributed by atoms with Crippen molar-refractivity contribution < 1.29 is 27.7 Å². The minimum atomic E-state index is -2.74. The van der Waals surface area contributed by atoms with E-state index in [0.717, 1.165) is 11.4 Å². The van der Waals surface area contributed by atoms with Crippen LogP contribution in [0.25, 0.3) is 0 Å². The molecule has 4 unspecified atom stereocenters. The molecule has 7 nitrogen and oxygen atoms in total. The molecule has 12 heteroatoms. The maximum atomic E-state index is 14.2. The first-order valence-corrected chi connectivity index (χ1v) is 14.8. The Labute approximate surface area is 223 Å². The Balaban J connectivity index is 0.000000572. The van der Waals surface area contributed by atoms with Crippen molar-refractivity contribution >= 4 is 47.3 Å². The van der Waals surface area contributed by atoms with Crippen LogP contribution in [0.2, 0.25) is 0 Å². The number of nitrogens with two attached hydrogens (primary N) is 1. The number of nitriles is 1. The van der Waals surface area contributed by atoms with E-state index < -0.39 is 30.5 Å². The van der Waals surface area contributed by atoms with Crippen LogP contribution in [0.1, 0.15) is 25.5 Å². The molecule has 0 aliphatic heterocycles. The number of carbonyl (C=O) groups is 1. The van der Waals surface area contributed by atoms with Crippen LogP contribution < -0.4 is 10.2 Å². The minimum absolute atomic E-state index is 0.0634. The van der Waals surface area contributed by atoms with Gasteiger partial charge in [0.25, 0.3) is 0 Å². The second kappa shape index (κ2) is 13.0. The summed E-state index contributed by atoms with van der Waals surface area (Å²) in [6.07, 6.45) is 2.04. The van der Waals surface area contributed by atoms with Gasteiger partial charge < -0.3 is 14.0 Å². The van der Waals surface area contributed by atoms with Gasteiger partial charge in [-0.1, -0.05) is 72.7 Å². The largest absolute Gasteiger partial charge is 0.454 e. The van der Waals surface area contributed by atoms with E-state index in [4.69, 9.17) is 38.2 Å². The lowest BCUT2D eigenvalue weighted by Crippen LogP contribution is -2.14. The Morgan fingerprint density at radius 3 is 2.42 bits per heavy atom. The van der Waals surface area contributed by atoms with Crippen LogP contribution in [0.3, 0.4) is 0 Å². The normalized spacial score (nSPS) is 19.9. The molecule has 0 spiro atoms. The molecule has 1 saturated carbocycles. The molecule has 0 radical (unpaired) electrons. The number of hydrogen-bond acceptors (Lipinski definition) is 7. The fraction of sp³-hybridized carbons (Fsp3) is 0.333. The first-order chi connectivity index (χ1) is 16.9. The predicted octanol–water partition coefficient (Wildman–Crippen LogP) is 7.38. The molecule has 1 aliphatic carbocycles. The fourth-order valence-electron chi connectivity index (χ4n) is 3.38. The Hall–Kier alpha value is -2.05. The summed E-state index contributed by atoms with van der Waals surface area (Å²) in [7, 11) is 1.33. The highest BCUT2D eigenvalue weighted by Crippen LogP contribution is 2.60. The number of hydrogen-bond donors (Lipinski definition) is 1. The van der Waals surface area contributed by atoms with Crippen molar-refractivity contribution in [3.8, 4) is 17.6 Å². The number of benzene rings is 2. The van der Waals surface area contributed by atoms with Gasteiger partial charge >= 0.3 is 12.7 Å². The van der Waals surface area contributed by atoms with E-state index in [9.17, 15) is 19.0 Å². The molecule has 4 atom stereocenters. The number of ether oxygens (including phenoxy) is 2. The van der Waals surface area contributed by atoms with Crippen LogP contribution in [0, 0.1) is 34.4 Å². The number of allylic oxidation sites excluding steroid dienone is 1. The number of rotatable bonds is 8. The zero-order valence-corrected chi connectivity index (χ0v) is 23.2. The first kappa shape index (κ1) is 30.2. The number of carbonyl (C=O) groups excluding carboxylic acids is 1. The molecular weight excluding hydrogens is 549 g/mol. The summed E-state index contributed by atoms with van der Waals surface area (Å²) in [4.78, 5) is 12.6. The van der Waals surface area contributed by atoms with E-state index in [0.29, 0.717) is 11.3 Å². The SMILES string of the molecule is CC1(C)C(C=C(Cl)Cl)C1C(=O)OC(C#N)c1ccc(F)c(Oc2ccccc2)c1.COP(N)(=O)SC. The van der Waals surface area contributed by atoms with Gasteiger partial charge in [-0.05, 0) is 47.9 Å². The molecule has 0 amide bonds. The van der Waals surface area contributed by atoms with E-state index in [1.54, 1.807) is 36.6 Å². The molecule has 3 rings (SSSR count). The Bertz CT molecular complexity index is 1180. The predicted molar refractivity (Wildman–Crippen MR) is 140 cm³/mol. The molecule has 2 aromatic carbocycles. The third kappa shape index (κ3) is 8.24. The van der Waals surface area contributed by atoms with Gasteiger partial charge in [-0.25, -0.2) is 4.39 Å². The average molecular weight is 575 g/mol. The van der Waals surface area contributed by atoms with E-state index in [2.05, 4.69) is 4.52 Å². The van der Waals surface area contributed by atoms with Crippen molar-refractivity contribution in [1.29, 1.82) is 5.26 Å². The molecule has 0 saturated heterocycles. The van der Waals surface area contributed by atoms with Crippen LogP contribution in [0.5, 0.6) is 11.5 Å². The second-order valence-corrected chi connectivity index (χ2v) is 13.7. The molecule has 1 fully saturated rings. The summed E-state index contributed by atoms with van der Waals surface area (Å²) in [5.74, 6) is -1.39. The van der Waals surface area contributed by atoms with Crippen LogP contribution in [0.15, 0.2) is 59.1 Å². The van der Waals surface area contributed by atoms with Gasteiger partial charge in [-0.2, -0.15) is 5.26 Å². The van der Waals surface area contributed by atoms with Crippen LogP contribution in [-0.2, 0) is 18.6 Å². The van der Waals surface area contributed by atoms with Gasteiger partial charge in [0.15, 0.2) is 11.6 Å². The summed E-state index contributed by atoms with van der Waals surface area (Å²) >= 11 is 12.5. The highest BCUT2D eigenvalue weighted by molar-refractivity contribution is 8.55. The minimum Gasteiger partial charge on any atom is -0.454 e. The van der Waals surface area contributed by atoms with Gasteiger partial charge in [0.05, 0.1) is 5.92 Å². The number of halogens is 3. The molecule has 2 N–H and O–H groups in total. The summed E-state index contributed by atoms with van der Waals surface area (Å²) in [5.41, 5.74) is 4.95. The maximum Gasteiger partial charge on any atom is 0.323 e. The van der Waals surface area contributed by atoms with Gasteiger partial charge in [0.1, 0.15) is 16.3 Å². The lowest BCUT2D eigenvalue weighted by Gasteiger charge is -2.14. The Morgan fingerprint density at radius 1 is 1.28 bits per heavy atom. The van der Waals surface area contributed by atoms with Gasteiger partial charge in [-0.3, -0.25) is 14.9 Å². The number of para-hydroxylation sites is 1. The van der Waals surface area contributed by atoms with Gasteiger partial charge in [0.2, 0.25) is 6.10 Å². The smallest absolute Gasteiger partial charge is 0.323 e. The molecule has 0 aromatic heterocycles. The number of nitrogens with zero attached hydrogens (tertiary/aromatic N) is 1. The third-order valence-corrected chi connectivity index (χ3v) is 8.80. The molecular formula is C24H26Cl2FN2O5PS. The van der Waals surface area contributed by atoms with Crippen LogP contribution in [-0.4, -0.2) is 19.3 Å². The van der Waals surface area contributed by atoms with E-state index in [1.165, 1.54) is 25.3 Å². The zero-order chi connectivity index (χ0) is 27.1. The van der Waals surface area contributed by atoms with Crippen LogP contribution >= 0.6 is 41.3 Å². The lowest BCUT2D eigenvalue weighted by atomic mass is 10.1. The summed E-state index contributed by atoms with van der Waals surface area (Å²) in [6.45, 7) is 1.04. The van der Waals surface area contributed by atoms with Crippen molar-refractivity contribution in [3.63, 3.8) is 0 Å². The monoisotopic (exact) mass is 574 g/mol. The van der Waals surface area contributed by atoms with E-state index in [1.807, 2.05) is 26.0 Å². The maximum absolute atomic E-state index is 14.2. The molecule has 194 valence electrons. The Kier molecular flexibility index (Phi) is 10.9. The topological polar surface area (TPSA) is 112 Å². The molecule has 1 aliphatic rings. The second-order valence-electron chi connectivity index (χ2n) is 8.24. The summed E-state index contributed by atoms with van der Waals surface area (Å²) in [5, 5.41) is 9.51. The zero-order valence-electron chi connectivity index (χ0n) is 20.0. The fourth-order valence-corrected chi connectivity index (χ4v) is 4.25. The Morgan fingerprint density at radius 2 is 1.92 bits per heavy atom. The van der Waals surface area contributed by atoms with Crippen molar-refractivity contribution in [2.24, 2.45) is 22.8 Å². The number of esters is 1. The van der Waals surface area contributed by atoms with E-state index in [-0.39, 0.29) is 21.6 Å². The van der Waals surface area contributed by atoms with Gasteiger partial charge in [0, 0.05) is 12.7 Å². The average Bonchev–Trinajstić information content (AvgIpc) is 3.38. The molecule has 0 heterocycles. The van der Waals surface area contributed by atoms with Crippen molar-refractivity contribution in [2.45, 2.75) is 20.0 Å². The van der Waals surface area contributed by atoms with Gasteiger partial charge in [-0.15, -0.1) is 0 Å². The van der Waals surface area contributed by atoms with Crippen molar-refractivity contribution in [1.82, 2.24) is 0 Å². The highest BCUT2D eigenvalue weighted by Gasteiger charge is 2.62. The van der Waals surface area contributed by atoms with Crippen LogP contribution in [0.4, 0.5) is 4.39 Å². The quantitative estimate of drug-likeness (QED) is 0.256. The molecule has 2 aromatic rings. The van der Waals surface area contributed by atoms with E-state index >= 15 is 0 Å². The van der Waals surface area contributed by atoms with Crippen molar-refractivity contribution in [2.75, 3.05) is 13.4 Å². The molecule has 36 heavy (non-hydrogen) atoms.